The van der Waals surface area contributed by atoms with E-state index in [1.54, 1.807) is 32.9 Å². The zero-order valence-corrected chi connectivity index (χ0v) is 12.7. The summed E-state index contributed by atoms with van der Waals surface area (Å²) in [6, 6.07) is 4.30. The van der Waals surface area contributed by atoms with Crippen molar-refractivity contribution in [1.29, 1.82) is 0 Å². The van der Waals surface area contributed by atoms with Gasteiger partial charge in [0.1, 0.15) is 11.5 Å². The number of benzene rings is 1. The van der Waals surface area contributed by atoms with E-state index in [4.69, 9.17) is 9.63 Å². The van der Waals surface area contributed by atoms with Crippen LogP contribution in [0.5, 0.6) is 0 Å². The minimum absolute atomic E-state index is 0.00570. The lowest BCUT2D eigenvalue weighted by Crippen LogP contribution is -2.10. The maximum absolute atomic E-state index is 12.4. The van der Waals surface area contributed by atoms with Crippen LogP contribution in [0.4, 0.5) is 0 Å². The molecule has 0 aliphatic carbocycles. The van der Waals surface area contributed by atoms with Crippen molar-refractivity contribution in [3.63, 3.8) is 0 Å². The average molecular weight is 309 g/mol. The van der Waals surface area contributed by atoms with Crippen molar-refractivity contribution in [3.05, 3.63) is 46.3 Å². The van der Waals surface area contributed by atoms with Gasteiger partial charge in [0.05, 0.1) is 16.2 Å². The SMILES string of the molecule is Cc1cc(CS(=O)(=O)c2cc(C(=O)O)c(C)cc2C)no1. The van der Waals surface area contributed by atoms with Gasteiger partial charge < -0.3 is 9.63 Å². The van der Waals surface area contributed by atoms with E-state index in [1.165, 1.54) is 6.07 Å². The minimum atomic E-state index is -3.69. The normalized spacial score (nSPS) is 11.6. The Morgan fingerprint density at radius 3 is 2.38 bits per heavy atom. The van der Waals surface area contributed by atoms with Gasteiger partial charge in [-0.05, 0) is 38.0 Å². The van der Waals surface area contributed by atoms with Gasteiger partial charge in [0, 0.05) is 6.07 Å². The number of carbonyl (C=O) groups is 1. The zero-order valence-electron chi connectivity index (χ0n) is 11.9. The largest absolute Gasteiger partial charge is 0.478 e. The minimum Gasteiger partial charge on any atom is -0.478 e. The third kappa shape index (κ3) is 3.13. The van der Waals surface area contributed by atoms with E-state index in [2.05, 4.69) is 5.16 Å². The first-order valence-electron chi connectivity index (χ1n) is 6.20. The molecular formula is C14H15NO5S. The molecule has 0 saturated carbocycles. The first kappa shape index (κ1) is 15.2. The molecule has 21 heavy (non-hydrogen) atoms. The molecular weight excluding hydrogens is 294 g/mol. The highest BCUT2D eigenvalue weighted by atomic mass is 32.2. The van der Waals surface area contributed by atoms with Crippen LogP contribution in [0.2, 0.25) is 0 Å². The highest BCUT2D eigenvalue weighted by Gasteiger charge is 2.22. The van der Waals surface area contributed by atoms with E-state index in [-0.39, 0.29) is 16.2 Å². The van der Waals surface area contributed by atoms with E-state index in [1.807, 2.05) is 0 Å². The first-order valence-corrected chi connectivity index (χ1v) is 7.85. The fourth-order valence-electron chi connectivity index (χ4n) is 2.16. The Kier molecular flexibility index (Phi) is 3.87. The Morgan fingerprint density at radius 1 is 1.19 bits per heavy atom. The van der Waals surface area contributed by atoms with Gasteiger partial charge in [0.15, 0.2) is 9.84 Å². The molecule has 7 heteroatoms. The predicted molar refractivity (Wildman–Crippen MR) is 75.0 cm³/mol. The topological polar surface area (TPSA) is 97.5 Å². The lowest BCUT2D eigenvalue weighted by molar-refractivity contribution is 0.0696. The van der Waals surface area contributed by atoms with Gasteiger partial charge in [-0.15, -0.1) is 0 Å². The summed E-state index contributed by atoms with van der Waals surface area (Å²) in [5.41, 5.74) is 1.31. The molecule has 1 aromatic heterocycles. The summed E-state index contributed by atoms with van der Waals surface area (Å²) in [6.07, 6.45) is 0. The quantitative estimate of drug-likeness (QED) is 0.930. The summed E-state index contributed by atoms with van der Waals surface area (Å²) < 4.78 is 29.7. The monoisotopic (exact) mass is 309 g/mol. The number of carboxylic acids is 1. The molecule has 1 N–H and O–H groups in total. The molecule has 0 unspecified atom stereocenters. The Balaban J connectivity index is 2.49. The molecule has 0 fully saturated rings. The van der Waals surface area contributed by atoms with Crippen LogP contribution in [0, 0.1) is 20.8 Å². The van der Waals surface area contributed by atoms with Gasteiger partial charge in [-0.3, -0.25) is 0 Å². The van der Waals surface area contributed by atoms with Gasteiger partial charge in [0.25, 0.3) is 0 Å². The van der Waals surface area contributed by atoms with Gasteiger partial charge in [-0.25, -0.2) is 13.2 Å². The Labute approximate surface area is 122 Å². The van der Waals surface area contributed by atoms with Crippen molar-refractivity contribution < 1.29 is 22.8 Å². The van der Waals surface area contributed by atoms with Crippen molar-refractivity contribution in [2.45, 2.75) is 31.4 Å². The number of hydrogen-bond acceptors (Lipinski definition) is 5. The first-order chi connectivity index (χ1) is 9.70. The van der Waals surface area contributed by atoms with Crippen molar-refractivity contribution in [2.75, 3.05) is 0 Å². The van der Waals surface area contributed by atoms with Crippen LogP contribution in [-0.2, 0) is 15.6 Å². The molecule has 0 bridgehead atoms. The zero-order chi connectivity index (χ0) is 15.8. The molecule has 2 rings (SSSR count). The fraction of sp³-hybridized carbons (Fsp3) is 0.286. The predicted octanol–water partition coefficient (Wildman–Crippen LogP) is 2.27. The van der Waals surface area contributed by atoms with E-state index in [9.17, 15) is 13.2 Å². The van der Waals surface area contributed by atoms with E-state index in [0.717, 1.165) is 0 Å². The maximum atomic E-state index is 12.4. The average Bonchev–Trinajstić information content (AvgIpc) is 2.72. The second kappa shape index (κ2) is 5.33. The number of aryl methyl sites for hydroxylation is 3. The molecule has 0 aliphatic heterocycles. The lowest BCUT2D eigenvalue weighted by atomic mass is 10.1. The molecule has 2 aromatic rings. The molecule has 6 nitrogen and oxygen atoms in total. The standard InChI is InChI=1S/C14H15NO5S/c1-8-4-9(2)13(6-12(8)14(16)17)21(18,19)7-11-5-10(3)20-15-11/h4-6H,7H2,1-3H3,(H,16,17). The summed E-state index contributed by atoms with van der Waals surface area (Å²) in [6.45, 7) is 4.94. The number of rotatable bonds is 4. The van der Waals surface area contributed by atoms with Crippen LogP contribution in [0.3, 0.4) is 0 Å². The number of sulfone groups is 1. The highest BCUT2D eigenvalue weighted by molar-refractivity contribution is 7.90. The summed E-state index contributed by atoms with van der Waals surface area (Å²) >= 11 is 0. The van der Waals surface area contributed by atoms with Crippen molar-refractivity contribution in [1.82, 2.24) is 5.16 Å². The van der Waals surface area contributed by atoms with Gasteiger partial charge in [0.2, 0.25) is 0 Å². The molecule has 1 heterocycles. The smallest absolute Gasteiger partial charge is 0.335 e. The number of aromatic nitrogens is 1. The summed E-state index contributed by atoms with van der Waals surface area (Å²) in [7, 11) is -3.69. The molecule has 0 atom stereocenters. The molecule has 112 valence electrons. The highest BCUT2D eigenvalue weighted by Crippen LogP contribution is 2.24. The van der Waals surface area contributed by atoms with Gasteiger partial charge in [-0.2, -0.15) is 0 Å². The molecule has 0 aliphatic rings. The van der Waals surface area contributed by atoms with Crippen molar-refractivity contribution >= 4 is 15.8 Å². The van der Waals surface area contributed by atoms with Gasteiger partial charge in [-0.1, -0.05) is 11.2 Å². The summed E-state index contributed by atoms with van der Waals surface area (Å²) in [5.74, 6) is -0.957. The number of aromatic carboxylic acids is 1. The van der Waals surface area contributed by atoms with Crippen LogP contribution in [0.15, 0.2) is 27.6 Å². The van der Waals surface area contributed by atoms with Crippen LogP contribution < -0.4 is 0 Å². The lowest BCUT2D eigenvalue weighted by Gasteiger charge is -2.10. The Hall–Kier alpha value is -2.15. The summed E-state index contributed by atoms with van der Waals surface area (Å²) in [4.78, 5) is 11.2. The van der Waals surface area contributed by atoms with E-state index < -0.39 is 15.8 Å². The molecule has 0 radical (unpaired) electrons. The molecule has 0 saturated heterocycles. The second-order valence-electron chi connectivity index (χ2n) is 4.93. The van der Waals surface area contributed by atoms with Crippen molar-refractivity contribution in [2.24, 2.45) is 0 Å². The van der Waals surface area contributed by atoms with E-state index in [0.29, 0.717) is 22.6 Å². The van der Waals surface area contributed by atoms with Crippen LogP contribution in [0.25, 0.3) is 0 Å². The Bertz CT molecular complexity index is 805. The molecule has 1 aromatic carbocycles. The van der Waals surface area contributed by atoms with Crippen molar-refractivity contribution in [3.8, 4) is 0 Å². The van der Waals surface area contributed by atoms with Crippen LogP contribution in [-0.4, -0.2) is 24.7 Å². The maximum Gasteiger partial charge on any atom is 0.335 e. The fourth-order valence-corrected chi connectivity index (χ4v) is 3.68. The van der Waals surface area contributed by atoms with Crippen LogP contribution >= 0.6 is 0 Å². The second-order valence-corrected chi connectivity index (χ2v) is 6.88. The van der Waals surface area contributed by atoms with Gasteiger partial charge >= 0.3 is 5.97 Å². The third-order valence-corrected chi connectivity index (χ3v) is 4.89. The third-order valence-electron chi connectivity index (χ3n) is 3.10. The van der Waals surface area contributed by atoms with Crippen LogP contribution in [0.1, 0.15) is 32.9 Å². The summed E-state index contributed by atoms with van der Waals surface area (Å²) in [5, 5.41) is 12.8. The van der Waals surface area contributed by atoms with E-state index >= 15 is 0 Å². The molecule has 0 amide bonds. The Morgan fingerprint density at radius 2 is 1.86 bits per heavy atom. The number of nitrogens with zero attached hydrogens (tertiary/aromatic N) is 1. The number of carboxylic acid groups (broad SMARTS) is 1. The molecule has 0 spiro atoms. The number of hydrogen-bond donors (Lipinski definition) is 1.